The molecule has 0 spiro atoms. The first-order valence-electron chi connectivity index (χ1n) is 12.2. The van der Waals surface area contributed by atoms with E-state index in [-0.39, 0.29) is 11.6 Å². The SMILES string of the molecule is CNC(=O)c1cc(Oc2ccc(NC(=O)Nc3cc(-c4ccc(C)cc4)nn3-c3ccccc3)cc2)ccn1. The Morgan fingerprint density at radius 3 is 2.28 bits per heavy atom. The van der Waals surface area contributed by atoms with Gasteiger partial charge in [-0.2, -0.15) is 5.10 Å². The van der Waals surface area contributed by atoms with Crippen LogP contribution in [0.15, 0.2) is 103 Å². The number of nitrogens with zero attached hydrogens (tertiary/aromatic N) is 3. The van der Waals surface area contributed by atoms with Crippen LogP contribution in [0.4, 0.5) is 16.3 Å². The van der Waals surface area contributed by atoms with E-state index < -0.39 is 6.03 Å². The Kier molecular flexibility index (Phi) is 7.31. The van der Waals surface area contributed by atoms with Gasteiger partial charge in [0.2, 0.25) is 0 Å². The van der Waals surface area contributed by atoms with E-state index in [1.165, 1.54) is 13.2 Å². The number of carbonyl (C=O) groups is 2. The minimum absolute atomic E-state index is 0.255. The largest absolute Gasteiger partial charge is 0.457 e. The molecule has 0 aliphatic heterocycles. The maximum Gasteiger partial charge on any atom is 0.324 e. The molecule has 3 N–H and O–H groups in total. The third kappa shape index (κ3) is 6.11. The molecule has 9 heteroatoms. The van der Waals surface area contributed by atoms with E-state index in [4.69, 9.17) is 9.84 Å². The monoisotopic (exact) mass is 518 g/mol. The van der Waals surface area contributed by atoms with Gasteiger partial charge in [-0.15, -0.1) is 0 Å². The van der Waals surface area contributed by atoms with E-state index in [2.05, 4.69) is 20.9 Å². The van der Waals surface area contributed by atoms with Crippen molar-refractivity contribution in [3.63, 3.8) is 0 Å². The molecule has 194 valence electrons. The molecule has 3 amide bonds. The van der Waals surface area contributed by atoms with Crippen LogP contribution in [-0.2, 0) is 0 Å². The van der Waals surface area contributed by atoms with Gasteiger partial charge in [-0.3, -0.25) is 15.1 Å². The van der Waals surface area contributed by atoms with E-state index in [1.54, 1.807) is 41.1 Å². The Hall–Kier alpha value is -5.44. The van der Waals surface area contributed by atoms with Crippen LogP contribution in [0.1, 0.15) is 16.1 Å². The average Bonchev–Trinajstić information content (AvgIpc) is 3.38. The molecule has 0 fully saturated rings. The molecule has 0 atom stereocenters. The molecule has 0 bridgehead atoms. The lowest BCUT2D eigenvalue weighted by atomic mass is 10.1. The maximum atomic E-state index is 12.9. The predicted octanol–water partition coefficient (Wildman–Crippen LogP) is 6.04. The Morgan fingerprint density at radius 2 is 1.56 bits per heavy atom. The number of para-hydroxylation sites is 1. The zero-order valence-electron chi connectivity index (χ0n) is 21.4. The average molecular weight is 519 g/mol. The highest BCUT2D eigenvalue weighted by atomic mass is 16.5. The maximum absolute atomic E-state index is 12.9. The number of benzene rings is 3. The van der Waals surface area contributed by atoms with Crippen LogP contribution in [0, 0.1) is 6.92 Å². The molecule has 0 saturated heterocycles. The zero-order valence-corrected chi connectivity index (χ0v) is 21.4. The smallest absolute Gasteiger partial charge is 0.324 e. The number of ether oxygens (including phenoxy) is 1. The minimum atomic E-state index is -0.416. The van der Waals surface area contributed by atoms with Gasteiger partial charge >= 0.3 is 6.03 Å². The van der Waals surface area contributed by atoms with Crippen LogP contribution in [0.2, 0.25) is 0 Å². The Balaban J connectivity index is 1.29. The lowest BCUT2D eigenvalue weighted by Crippen LogP contribution is -2.21. The Labute approximate surface area is 225 Å². The normalized spacial score (nSPS) is 10.5. The lowest BCUT2D eigenvalue weighted by molar-refractivity contribution is 0.0958. The summed E-state index contributed by atoms with van der Waals surface area (Å²) in [6.07, 6.45) is 1.50. The third-order valence-electron chi connectivity index (χ3n) is 5.84. The number of rotatable bonds is 7. The topological polar surface area (TPSA) is 110 Å². The van der Waals surface area contributed by atoms with E-state index in [1.807, 2.05) is 67.6 Å². The molecule has 0 aliphatic rings. The van der Waals surface area contributed by atoms with Gasteiger partial charge in [-0.1, -0.05) is 48.0 Å². The number of hydrogen-bond acceptors (Lipinski definition) is 5. The summed E-state index contributed by atoms with van der Waals surface area (Å²) < 4.78 is 7.53. The summed E-state index contributed by atoms with van der Waals surface area (Å²) in [4.78, 5) is 28.8. The Bertz CT molecular complexity index is 1600. The first-order valence-corrected chi connectivity index (χ1v) is 12.2. The molecule has 0 radical (unpaired) electrons. The molecule has 2 heterocycles. The summed E-state index contributed by atoms with van der Waals surface area (Å²) in [5.41, 5.74) is 4.50. The number of pyridine rings is 1. The van der Waals surface area contributed by atoms with E-state index in [0.29, 0.717) is 23.0 Å². The van der Waals surface area contributed by atoms with Crippen LogP contribution >= 0.6 is 0 Å². The van der Waals surface area contributed by atoms with Gasteiger partial charge in [0.25, 0.3) is 5.91 Å². The van der Waals surface area contributed by atoms with Crippen molar-refractivity contribution in [2.45, 2.75) is 6.92 Å². The van der Waals surface area contributed by atoms with Crippen molar-refractivity contribution in [3.8, 4) is 28.4 Å². The van der Waals surface area contributed by atoms with Gasteiger partial charge in [0.05, 0.1) is 11.4 Å². The molecule has 39 heavy (non-hydrogen) atoms. The second kappa shape index (κ2) is 11.3. The van der Waals surface area contributed by atoms with E-state index in [0.717, 1.165) is 22.5 Å². The summed E-state index contributed by atoms with van der Waals surface area (Å²) in [6.45, 7) is 2.03. The van der Waals surface area contributed by atoms with Gasteiger partial charge in [-0.05, 0) is 49.4 Å². The molecular formula is C30H26N6O3. The van der Waals surface area contributed by atoms with Crippen molar-refractivity contribution in [1.82, 2.24) is 20.1 Å². The van der Waals surface area contributed by atoms with Crippen LogP contribution in [0.25, 0.3) is 16.9 Å². The highest BCUT2D eigenvalue weighted by molar-refractivity contribution is 5.99. The summed E-state index contributed by atoms with van der Waals surface area (Å²) in [6, 6.07) is 29.2. The molecule has 3 aromatic carbocycles. The van der Waals surface area contributed by atoms with Gasteiger partial charge < -0.3 is 15.4 Å². The van der Waals surface area contributed by atoms with Crippen molar-refractivity contribution in [2.75, 3.05) is 17.7 Å². The molecule has 5 aromatic rings. The summed E-state index contributed by atoms with van der Waals surface area (Å²) in [5, 5.41) is 13.0. The van der Waals surface area contributed by atoms with Crippen molar-refractivity contribution in [1.29, 1.82) is 0 Å². The first kappa shape index (κ1) is 25.2. The van der Waals surface area contributed by atoms with E-state index >= 15 is 0 Å². The molecule has 2 aromatic heterocycles. The second-order valence-electron chi connectivity index (χ2n) is 8.69. The number of hydrogen-bond donors (Lipinski definition) is 3. The fourth-order valence-corrected chi connectivity index (χ4v) is 3.85. The minimum Gasteiger partial charge on any atom is -0.457 e. The number of aromatic nitrogens is 3. The molecular weight excluding hydrogens is 492 g/mol. The number of amides is 3. The van der Waals surface area contributed by atoms with Crippen LogP contribution < -0.4 is 20.7 Å². The van der Waals surface area contributed by atoms with E-state index in [9.17, 15) is 9.59 Å². The number of anilines is 2. The number of urea groups is 1. The first-order chi connectivity index (χ1) is 19.0. The summed E-state index contributed by atoms with van der Waals surface area (Å²) in [7, 11) is 1.54. The third-order valence-corrected chi connectivity index (χ3v) is 5.84. The van der Waals surface area contributed by atoms with Crippen molar-refractivity contribution >= 4 is 23.4 Å². The number of carbonyl (C=O) groups excluding carboxylic acids is 2. The zero-order chi connectivity index (χ0) is 27.2. The quantitative estimate of drug-likeness (QED) is 0.243. The summed E-state index contributed by atoms with van der Waals surface area (Å²) in [5.74, 6) is 1.24. The van der Waals surface area contributed by atoms with Gasteiger partial charge in [0, 0.05) is 36.6 Å². The van der Waals surface area contributed by atoms with Crippen LogP contribution in [0.3, 0.4) is 0 Å². The van der Waals surface area contributed by atoms with Crippen molar-refractivity contribution in [3.05, 3.63) is 115 Å². The van der Waals surface area contributed by atoms with Crippen molar-refractivity contribution in [2.24, 2.45) is 0 Å². The second-order valence-corrected chi connectivity index (χ2v) is 8.69. The lowest BCUT2D eigenvalue weighted by Gasteiger charge is -2.11. The number of aryl methyl sites for hydroxylation is 1. The summed E-state index contributed by atoms with van der Waals surface area (Å²) >= 11 is 0. The predicted molar refractivity (Wildman–Crippen MR) is 151 cm³/mol. The molecule has 9 nitrogen and oxygen atoms in total. The van der Waals surface area contributed by atoms with Gasteiger partial charge in [-0.25, -0.2) is 9.48 Å². The molecule has 0 aliphatic carbocycles. The number of nitrogens with one attached hydrogen (secondary N) is 3. The molecule has 0 unspecified atom stereocenters. The standard InChI is InChI=1S/C30H26N6O3/c1-20-8-10-21(11-9-20)26-19-28(36(35-26)23-6-4-3-5-7-23)34-30(38)33-22-12-14-24(15-13-22)39-25-16-17-32-27(18-25)29(37)31-2/h3-19H,1-2H3,(H,31,37)(H2,33,34,38). The van der Waals surface area contributed by atoms with Crippen molar-refractivity contribution < 1.29 is 14.3 Å². The fourth-order valence-electron chi connectivity index (χ4n) is 3.85. The molecule has 5 rings (SSSR count). The Morgan fingerprint density at radius 1 is 0.821 bits per heavy atom. The van der Waals surface area contributed by atoms with Crippen LogP contribution in [0.5, 0.6) is 11.5 Å². The molecule has 0 saturated carbocycles. The highest BCUT2D eigenvalue weighted by Gasteiger charge is 2.14. The fraction of sp³-hybridized carbons (Fsp3) is 0.0667. The van der Waals surface area contributed by atoms with Crippen LogP contribution in [-0.4, -0.2) is 33.8 Å². The van der Waals surface area contributed by atoms with Gasteiger partial charge in [0.15, 0.2) is 0 Å². The highest BCUT2D eigenvalue weighted by Crippen LogP contribution is 2.26. The van der Waals surface area contributed by atoms with Gasteiger partial charge in [0.1, 0.15) is 23.0 Å².